The molecule has 1 rings (SSSR count). The molecule has 98 valence electrons. The SMILES string of the molecule is CC(C)OCCCCNc1ccc(N)c(C#N)c1. The zero-order chi connectivity index (χ0) is 13.4. The lowest BCUT2D eigenvalue weighted by atomic mass is 10.1. The summed E-state index contributed by atoms with van der Waals surface area (Å²) in [6, 6.07) is 7.49. The van der Waals surface area contributed by atoms with Crippen LogP contribution in [0.3, 0.4) is 0 Å². The highest BCUT2D eigenvalue weighted by Crippen LogP contribution is 2.16. The van der Waals surface area contributed by atoms with E-state index < -0.39 is 0 Å². The number of nitrogens with two attached hydrogens (primary N) is 1. The highest BCUT2D eigenvalue weighted by atomic mass is 16.5. The normalized spacial score (nSPS) is 10.3. The Morgan fingerprint density at radius 1 is 1.39 bits per heavy atom. The summed E-state index contributed by atoms with van der Waals surface area (Å²) in [7, 11) is 0. The quantitative estimate of drug-likeness (QED) is 0.574. The molecular weight excluding hydrogens is 226 g/mol. The van der Waals surface area contributed by atoms with Crippen molar-refractivity contribution in [2.45, 2.75) is 32.8 Å². The van der Waals surface area contributed by atoms with E-state index >= 15 is 0 Å². The van der Waals surface area contributed by atoms with Gasteiger partial charge in [-0.1, -0.05) is 0 Å². The molecule has 0 fully saturated rings. The van der Waals surface area contributed by atoms with Crippen molar-refractivity contribution in [3.63, 3.8) is 0 Å². The minimum absolute atomic E-state index is 0.299. The molecule has 4 nitrogen and oxygen atoms in total. The first-order valence-corrected chi connectivity index (χ1v) is 6.28. The van der Waals surface area contributed by atoms with Crippen LogP contribution in [0.1, 0.15) is 32.3 Å². The van der Waals surface area contributed by atoms with Crippen LogP contribution in [0.15, 0.2) is 18.2 Å². The summed E-state index contributed by atoms with van der Waals surface area (Å²) in [5, 5.41) is 12.1. The highest BCUT2D eigenvalue weighted by Gasteiger charge is 1.99. The molecule has 0 radical (unpaired) electrons. The average Bonchev–Trinajstić information content (AvgIpc) is 2.35. The summed E-state index contributed by atoms with van der Waals surface area (Å²) < 4.78 is 5.46. The Kier molecular flexibility index (Phi) is 6.03. The number of ether oxygens (including phenoxy) is 1. The molecule has 1 aromatic rings. The van der Waals surface area contributed by atoms with Crippen LogP contribution in [-0.4, -0.2) is 19.3 Å². The van der Waals surface area contributed by atoms with Gasteiger partial charge in [-0.25, -0.2) is 0 Å². The second-order valence-electron chi connectivity index (χ2n) is 4.47. The monoisotopic (exact) mass is 247 g/mol. The van der Waals surface area contributed by atoms with Gasteiger partial charge in [-0.2, -0.15) is 5.26 Å². The van der Waals surface area contributed by atoms with E-state index in [1.807, 2.05) is 19.9 Å². The van der Waals surface area contributed by atoms with Crippen LogP contribution < -0.4 is 11.1 Å². The van der Waals surface area contributed by atoms with Crippen molar-refractivity contribution < 1.29 is 4.74 Å². The molecule has 4 heteroatoms. The fourth-order valence-corrected chi connectivity index (χ4v) is 1.54. The van der Waals surface area contributed by atoms with Crippen molar-refractivity contribution in [3.8, 4) is 6.07 Å². The molecule has 1 aromatic carbocycles. The summed E-state index contributed by atoms with van der Waals surface area (Å²) in [5.41, 5.74) is 7.63. The third-order valence-corrected chi connectivity index (χ3v) is 2.53. The molecule has 0 atom stereocenters. The molecule has 0 bridgehead atoms. The van der Waals surface area contributed by atoms with Crippen LogP contribution in [0.4, 0.5) is 11.4 Å². The first kappa shape index (κ1) is 14.3. The van der Waals surface area contributed by atoms with Gasteiger partial charge >= 0.3 is 0 Å². The minimum Gasteiger partial charge on any atom is -0.398 e. The van der Waals surface area contributed by atoms with Crippen LogP contribution in [0.5, 0.6) is 0 Å². The molecule has 0 aliphatic rings. The topological polar surface area (TPSA) is 71.1 Å². The molecular formula is C14H21N3O. The van der Waals surface area contributed by atoms with Gasteiger partial charge in [0.1, 0.15) is 6.07 Å². The van der Waals surface area contributed by atoms with E-state index in [1.54, 1.807) is 12.1 Å². The maximum Gasteiger partial charge on any atom is 0.101 e. The van der Waals surface area contributed by atoms with E-state index in [4.69, 9.17) is 15.7 Å². The molecule has 0 amide bonds. The largest absolute Gasteiger partial charge is 0.398 e. The zero-order valence-corrected chi connectivity index (χ0v) is 11.1. The third kappa shape index (κ3) is 5.07. The molecule has 0 unspecified atom stereocenters. The van der Waals surface area contributed by atoms with E-state index in [0.29, 0.717) is 17.4 Å². The van der Waals surface area contributed by atoms with Crippen molar-refractivity contribution in [2.24, 2.45) is 0 Å². The first-order valence-electron chi connectivity index (χ1n) is 6.28. The molecule has 0 aromatic heterocycles. The number of unbranched alkanes of at least 4 members (excludes halogenated alkanes) is 1. The van der Waals surface area contributed by atoms with E-state index in [1.165, 1.54) is 0 Å². The van der Waals surface area contributed by atoms with Gasteiger partial charge in [-0.05, 0) is 44.9 Å². The molecule has 0 heterocycles. The van der Waals surface area contributed by atoms with Gasteiger partial charge < -0.3 is 15.8 Å². The number of benzene rings is 1. The highest BCUT2D eigenvalue weighted by molar-refractivity contribution is 5.61. The molecule has 3 N–H and O–H groups in total. The summed E-state index contributed by atoms with van der Waals surface area (Å²) >= 11 is 0. The number of nitrogen functional groups attached to an aromatic ring is 1. The maximum atomic E-state index is 8.86. The van der Waals surface area contributed by atoms with Gasteiger partial charge in [0.25, 0.3) is 0 Å². The van der Waals surface area contributed by atoms with Crippen molar-refractivity contribution >= 4 is 11.4 Å². The second kappa shape index (κ2) is 7.57. The standard InChI is InChI=1S/C14H21N3O/c1-11(2)18-8-4-3-7-17-13-5-6-14(16)12(9-13)10-15/h5-6,9,11,17H,3-4,7-8,16H2,1-2H3. The van der Waals surface area contributed by atoms with Crippen LogP contribution in [0, 0.1) is 11.3 Å². The summed E-state index contributed by atoms with van der Waals surface area (Å²) in [6.45, 7) is 5.74. The summed E-state index contributed by atoms with van der Waals surface area (Å²) in [5.74, 6) is 0. The number of hydrogen-bond donors (Lipinski definition) is 2. The fourth-order valence-electron chi connectivity index (χ4n) is 1.54. The Morgan fingerprint density at radius 2 is 2.17 bits per heavy atom. The molecule has 18 heavy (non-hydrogen) atoms. The van der Waals surface area contributed by atoms with Gasteiger partial charge in [0.05, 0.1) is 11.7 Å². The van der Waals surface area contributed by atoms with Crippen LogP contribution in [0.25, 0.3) is 0 Å². The van der Waals surface area contributed by atoms with E-state index in [9.17, 15) is 0 Å². The average molecular weight is 247 g/mol. The van der Waals surface area contributed by atoms with Gasteiger partial charge in [-0.15, -0.1) is 0 Å². The van der Waals surface area contributed by atoms with Crippen molar-refractivity contribution in [2.75, 3.05) is 24.2 Å². The number of hydrogen-bond acceptors (Lipinski definition) is 4. The fraction of sp³-hybridized carbons (Fsp3) is 0.500. The summed E-state index contributed by atoms with van der Waals surface area (Å²) in [4.78, 5) is 0. The van der Waals surface area contributed by atoms with Gasteiger partial charge in [-0.3, -0.25) is 0 Å². The van der Waals surface area contributed by atoms with Crippen molar-refractivity contribution in [3.05, 3.63) is 23.8 Å². The van der Waals surface area contributed by atoms with E-state index in [-0.39, 0.29) is 0 Å². The molecule has 0 aliphatic carbocycles. The summed E-state index contributed by atoms with van der Waals surface area (Å²) in [6.07, 6.45) is 2.37. The van der Waals surface area contributed by atoms with Crippen molar-refractivity contribution in [1.82, 2.24) is 0 Å². The van der Waals surface area contributed by atoms with Crippen molar-refractivity contribution in [1.29, 1.82) is 5.26 Å². The lowest BCUT2D eigenvalue weighted by molar-refractivity contribution is 0.0765. The molecule has 0 spiro atoms. The molecule has 0 aliphatic heterocycles. The van der Waals surface area contributed by atoms with Gasteiger partial charge in [0, 0.05) is 24.5 Å². The Morgan fingerprint density at radius 3 is 2.83 bits per heavy atom. The van der Waals surface area contributed by atoms with Crippen LogP contribution in [0.2, 0.25) is 0 Å². The number of nitrogens with zero attached hydrogens (tertiary/aromatic N) is 1. The number of rotatable bonds is 7. The van der Waals surface area contributed by atoms with E-state index in [0.717, 1.165) is 31.7 Å². The zero-order valence-electron chi connectivity index (χ0n) is 11.1. The van der Waals surface area contributed by atoms with Crippen LogP contribution >= 0.6 is 0 Å². The lowest BCUT2D eigenvalue weighted by Gasteiger charge is -2.09. The Bertz CT molecular complexity index is 410. The number of nitriles is 1. The predicted molar refractivity (Wildman–Crippen MR) is 74.4 cm³/mol. The van der Waals surface area contributed by atoms with E-state index in [2.05, 4.69) is 11.4 Å². The third-order valence-electron chi connectivity index (χ3n) is 2.53. The second-order valence-corrected chi connectivity index (χ2v) is 4.47. The minimum atomic E-state index is 0.299. The van der Waals surface area contributed by atoms with Gasteiger partial charge in [0.15, 0.2) is 0 Å². The Hall–Kier alpha value is -1.73. The number of nitrogens with one attached hydrogen (secondary N) is 1. The smallest absolute Gasteiger partial charge is 0.101 e. The first-order chi connectivity index (χ1) is 8.63. The molecule has 0 saturated carbocycles. The number of anilines is 2. The van der Waals surface area contributed by atoms with Gasteiger partial charge in [0.2, 0.25) is 0 Å². The predicted octanol–water partition coefficient (Wildman–Crippen LogP) is 2.76. The van der Waals surface area contributed by atoms with Crippen LogP contribution in [-0.2, 0) is 4.74 Å². The molecule has 0 saturated heterocycles. The lowest BCUT2D eigenvalue weighted by Crippen LogP contribution is -2.07. The maximum absolute atomic E-state index is 8.86. The Labute approximate surface area is 109 Å². The Balaban J connectivity index is 2.26.